The van der Waals surface area contributed by atoms with Gasteiger partial charge in [0.25, 0.3) is 5.91 Å². The van der Waals surface area contributed by atoms with E-state index >= 15 is 0 Å². The van der Waals surface area contributed by atoms with Crippen LogP contribution in [0.15, 0.2) is 48.5 Å². The van der Waals surface area contributed by atoms with Crippen molar-refractivity contribution in [1.82, 2.24) is 25.1 Å². The monoisotopic (exact) mass is 517 g/mol. The minimum Gasteiger partial charge on any atom is -0.497 e. The van der Waals surface area contributed by atoms with E-state index in [-0.39, 0.29) is 30.7 Å². The van der Waals surface area contributed by atoms with Crippen molar-refractivity contribution in [2.24, 2.45) is 0 Å². The Hall–Kier alpha value is -3.76. The predicted octanol–water partition coefficient (Wildman–Crippen LogP) is 3.69. The Labute approximate surface area is 210 Å². The molecule has 0 unspecified atom stereocenters. The van der Waals surface area contributed by atoms with Gasteiger partial charge in [-0.05, 0) is 36.4 Å². The van der Waals surface area contributed by atoms with Crippen molar-refractivity contribution in [3.8, 4) is 34.5 Å². The summed E-state index contributed by atoms with van der Waals surface area (Å²) in [6.45, 7) is 0.211. The number of hydrogen-bond donors (Lipinski definition) is 1. The van der Waals surface area contributed by atoms with Gasteiger partial charge in [-0.3, -0.25) is 4.79 Å². The van der Waals surface area contributed by atoms with Gasteiger partial charge in [-0.1, -0.05) is 29.3 Å². The third-order valence-electron chi connectivity index (χ3n) is 4.84. The van der Waals surface area contributed by atoms with E-state index in [9.17, 15) is 4.79 Å². The molecule has 0 saturated carbocycles. The van der Waals surface area contributed by atoms with Gasteiger partial charge in [0, 0.05) is 6.07 Å². The zero-order valence-electron chi connectivity index (χ0n) is 18.8. The van der Waals surface area contributed by atoms with Gasteiger partial charge in [0.1, 0.15) is 28.9 Å². The molecule has 0 atom stereocenters. The third kappa shape index (κ3) is 5.67. The minimum absolute atomic E-state index is 0.183. The second-order valence-electron chi connectivity index (χ2n) is 7.07. The SMILES string of the molecule is COc1ccc(OC)c(-c2nnc3ccc(OCCNC(=O)COc4cccc(Cl)c4Cl)nn23)c1. The molecule has 1 N–H and O–H groups in total. The van der Waals surface area contributed by atoms with E-state index in [1.54, 1.807) is 67.3 Å². The lowest BCUT2D eigenvalue weighted by Gasteiger charge is -2.10. The molecule has 0 bridgehead atoms. The summed E-state index contributed by atoms with van der Waals surface area (Å²) >= 11 is 12.0. The molecular formula is C23H21Cl2N5O5. The smallest absolute Gasteiger partial charge is 0.258 e. The van der Waals surface area contributed by atoms with E-state index in [2.05, 4.69) is 20.6 Å². The Kier molecular flexibility index (Phi) is 7.74. The molecule has 1 amide bonds. The lowest BCUT2D eigenvalue weighted by atomic mass is 10.2. The highest BCUT2D eigenvalue weighted by atomic mass is 35.5. The van der Waals surface area contributed by atoms with Crippen LogP contribution in [0.4, 0.5) is 0 Å². The quantitative estimate of drug-likeness (QED) is 0.317. The Bertz CT molecular complexity index is 1350. The number of aromatic nitrogens is 4. The molecule has 10 nitrogen and oxygen atoms in total. The largest absolute Gasteiger partial charge is 0.497 e. The molecule has 0 aliphatic heterocycles. The molecule has 2 aromatic heterocycles. The summed E-state index contributed by atoms with van der Waals surface area (Å²) in [6.07, 6.45) is 0. The normalized spacial score (nSPS) is 10.7. The zero-order valence-corrected chi connectivity index (χ0v) is 20.3. The van der Waals surface area contributed by atoms with Gasteiger partial charge in [-0.2, -0.15) is 4.52 Å². The standard InChI is InChI=1S/C23H21Cl2N5O5/c1-32-14-6-7-17(33-2)15(12-14)23-28-27-19-8-9-21(29-30(19)23)34-11-10-26-20(31)13-35-18-5-3-4-16(24)22(18)25/h3-9,12H,10-11,13H2,1-2H3,(H,26,31). The zero-order chi connectivity index (χ0) is 24.8. The summed E-state index contributed by atoms with van der Waals surface area (Å²) in [5.74, 6) is 2.03. The van der Waals surface area contributed by atoms with Gasteiger partial charge >= 0.3 is 0 Å². The van der Waals surface area contributed by atoms with Crippen LogP contribution < -0.4 is 24.3 Å². The van der Waals surface area contributed by atoms with Crippen LogP contribution in [0.25, 0.3) is 17.0 Å². The first-order valence-corrected chi connectivity index (χ1v) is 11.2. The average molecular weight is 518 g/mol. The van der Waals surface area contributed by atoms with Gasteiger partial charge in [0.05, 0.1) is 31.4 Å². The average Bonchev–Trinajstić information content (AvgIpc) is 3.30. The number of methoxy groups -OCH3 is 2. The first-order valence-electron chi connectivity index (χ1n) is 10.4. The van der Waals surface area contributed by atoms with Crippen molar-refractivity contribution in [3.63, 3.8) is 0 Å². The summed E-state index contributed by atoms with van der Waals surface area (Å²) in [5, 5.41) is 16.2. The van der Waals surface area contributed by atoms with Gasteiger partial charge in [0.15, 0.2) is 18.1 Å². The molecule has 4 aromatic rings. The fourth-order valence-corrected chi connectivity index (χ4v) is 3.49. The molecule has 0 spiro atoms. The predicted molar refractivity (Wildman–Crippen MR) is 130 cm³/mol. The third-order valence-corrected chi connectivity index (χ3v) is 5.64. The highest BCUT2D eigenvalue weighted by Gasteiger charge is 2.16. The maximum absolute atomic E-state index is 12.1. The van der Waals surface area contributed by atoms with E-state index in [0.717, 1.165) is 0 Å². The number of nitrogens with one attached hydrogen (secondary N) is 1. The van der Waals surface area contributed by atoms with Crippen molar-refractivity contribution in [1.29, 1.82) is 0 Å². The number of carbonyl (C=O) groups is 1. The number of benzene rings is 2. The van der Waals surface area contributed by atoms with Crippen LogP contribution in [-0.4, -0.2) is 59.7 Å². The van der Waals surface area contributed by atoms with Crippen LogP contribution in [0, 0.1) is 0 Å². The molecule has 2 aromatic carbocycles. The molecule has 0 aliphatic rings. The number of nitrogens with zero attached hydrogens (tertiary/aromatic N) is 4. The summed E-state index contributed by atoms with van der Waals surface area (Å²) in [6, 6.07) is 13.7. The Morgan fingerprint density at radius 1 is 1.00 bits per heavy atom. The van der Waals surface area contributed by atoms with Crippen molar-refractivity contribution in [2.75, 3.05) is 34.0 Å². The minimum atomic E-state index is -0.334. The Morgan fingerprint density at radius 2 is 1.86 bits per heavy atom. The number of halogens is 2. The van der Waals surface area contributed by atoms with Gasteiger partial charge < -0.3 is 24.3 Å². The van der Waals surface area contributed by atoms with Crippen LogP contribution in [0.2, 0.25) is 10.0 Å². The summed E-state index contributed by atoms with van der Waals surface area (Å²) in [7, 11) is 3.15. The van der Waals surface area contributed by atoms with Gasteiger partial charge in [-0.25, -0.2) is 0 Å². The van der Waals surface area contributed by atoms with E-state index in [1.165, 1.54) is 0 Å². The fourth-order valence-electron chi connectivity index (χ4n) is 3.14. The number of amides is 1. The molecule has 0 aliphatic carbocycles. The van der Waals surface area contributed by atoms with Gasteiger partial charge in [-0.15, -0.1) is 15.3 Å². The van der Waals surface area contributed by atoms with Crippen molar-refractivity contribution >= 4 is 34.8 Å². The molecule has 0 radical (unpaired) electrons. The van der Waals surface area contributed by atoms with Gasteiger partial charge in [0.2, 0.25) is 5.88 Å². The lowest BCUT2D eigenvalue weighted by molar-refractivity contribution is -0.123. The number of rotatable bonds is 10. The number of hydrogen-bond acceptors (Lipinski definition) is 8. The van der Waals surface area contributed by atoms with Crippen LogP contribution in [0.3, 0.4) is 0 Å². The Morgan fingerprint density at radius 3 is 2.66 bits per heavy atom. The topological polar surface area (TPSA) is 109 Å². The second-order valence-corrected chi connectivity index (χ2v) is 7.86. The molecule has 182 valence electrons. The first kappa shape index (κ1) is 24.4. The molecule has 4 rings (SSSR count). The van der Waals surface area contributed by atoms with Crippen molar-refractivity contribution in [3.05, 3.63) is 58.6 Å². The lowest BCUT2D eigenvalue weighted by Crippen LogP contribution is -2.32. The second kappa shape index (κ2) is 11.1. The molecule has 0 saturated heterocycles. The number of ether oxygens (including phenoxy) is 4. The Balaban J connectivity index is 1.36. The first-order chi connectivity index (χ1) is 17.0. The van der Waals surface area contributed by atoms with Crippen LogP contribution >= 0.6 is 23.2 Å². The van der Waals surface area contributed by atoms with E-state index < -0.39 is 0 Å². The molecule has 0 fully saturated rings. The van der Waals surface area contributed by atoms with Crippen molar-refractivity contribution < 1.29 is 23.7 Å². The summed E-state index contributed by atoms with van der Waals surface area (Å²) in [5.41, 5.74) is 1.19. The van der Waals surface area contributed by atoms with Crippen LogP contribution in [-0.2, 0) is 4.79 Å². The van der Waals surface area contributed by atoms with Crippen molar-refractivity contribution in [2.45, 2.75) is 0 Å². The summed E-state index contributed by atoms with van der Waals surface area (Å²) in [4.78, 5) is 12.1. The van der Waals surface area contributed by atoms with Crippen LogP contribution in [0.1, 0.15) is 0 Å². The van der Waals surface area contributed by atoms with Crippen LogP contribution in [0.5, 0.6) is 23.1 Å². The maximum Gasteiger partial charge on any atom is 0.258 e. The fraction of sp³-hybridized carbons (Fsp3) is 0.217. The van der Waals surface area contributed by atoms with E-state index in [1.807, 2.05) is 0 Å². The van der Waals surface area contributed by atoms with E-state index in [0.29, 0.717) is 45.2 Å². The number of carbonyl (C=O) groups excluding carboxylic acids is 1. The van der Waals surface area contributed by atoms with E-state index in [4.69, 9.17) is 42.1 Å². The number of fused-ring (bicyclic) bond motifs is 1. The maximum atomic E-state index is 12.1. The molecule has 12 heteroatoms. The summed E-state index contributed by atoms with van der Waals surface area (Å²) < 4.78 is 23.4. The molecule has 2 heterocycles. The highest BCUT2D eigenvalue weighted by Crippen LogP contribution is 2.33. The molecule has 35 heavy (non-hydrogen) atoms. The highest BCUT2D eigenvalue weighted by molar-refractivity contribution is 6.42. The molecular weight excluding hydrogens is 497 g/mol.